The summed E-state index contributed by atoms with van der Waals surface area (Å²) in [4.78, 5) is 29.3. The molecular weight excluding hydrogens is 366 g/mol. The third kappa shape index (κ3) is 4.88. The van der Waals surface area contributed by atoms with Gasteiger partial charge in [-0.3, -0.25) is 14.5 Å². The number of benzene rings is 1. The lowest BCUT2D eigenvalue weighted by molar-refractivity contribution is -0.129. The molecule has 0 aliphatic carbocycles. The van der Waals surface area contributed by atoms with Gasteiger partial charge >= 0.3 is 0 Å². The van der Waals surface area contributed by atoms with Gasteiger partial charge in [0.25, 0.3) is 0 Å². The smallest absolute Gasteiger partial charge is 0.225 e. The molecule has 0 spiro atoms. The highest BCUT2D eigenvalue weighted by atomic mass is 16.3. The van der Waals surface area contributed by atoms with Crippen LogP contribution in [0.15, 0.2) is 53.1 Å². The molecule has 0 radical (unpaired) electrons. The second kappa shape index (κ2) is 9.27. The monoisotopic (exact) mass is 395 g/mol. The summed E-state index contributed by atoms with van der Waals surface area (Å²) in [6.45, 7) is 3.73. The van der Waals surface area contributed by atoms with Crippen molar-refractivity contribution in [3.63, 3.8) is 0 Å². The number of carbonyl (C=O) groups is 2. The molecule has 2 fully saturated rings. The van der Waals surface area contributed by atoms with Crippen LogP contribution >= 0.6 is 0 Å². The van der Waals surface area contributed by atoms with Gasteiger partial charge in [0, 0.05) is 26.1 Å². The average Bonchev–Trinajstić information content (AvgIpc) is 3.50. The van der Waals surface area contributed by atoms with Crippen LogP contribution < -0.4 is 5.32 Å². The Hall–Kier alpha value is -2.60. The van der Waals surface area contributed by atoms with Crippen molar-refractivity contribution in [3.8, 4) is 0 Å². The maximum Gasteiger partial charge on any atom is 0.225 e. The highest BCUT2D eigenvalue weighted by Crippen LogP contribution is 2.25. The van der Waals surface area contributed by atoms with Crippen LogP contribution in [0.2, 0.25) is 0 Å². The van der Waals surface area contributed by atoms with Gasteiger partial charge in [-0.2, -0.15) is 0 Å². The summed E-state index contributed by atoms with van der Waals surface area (Å²) in [5.41, 5.74) is 1.21. The van der Waals surface area contributed by atoms with E-state index < -0.39 is 0 Å². The van der Waals surface area contributed by atoms with E-state index >= 15 is 0 Å². The molecule has 2 aliphatic heterocycles. The molecule has 154 valence electrons. The molecule has 2 atom stereocenters. The molecule has 29 heavy (non-hydrogen) atoms. The van der Waals surface area contributed by atoms with E-state index in [1.54, 1.807) is 6.26 Å². The summed E-state index contributed by atoms with van der Waals surface area (Å²) >= 11 is 0. The minimum absolute atomic E-state index is 0.0312. The van der Waals surface area contributed by atoms with E-state index in [-0.39, 0.29) is 23.8 Å². The zero-order valence-corrected chi connectivity index (χ0v) is 16.8. The van der Waals surface area contributed by atoms with Crippen LogP contribution in [0, 0.1) is 5.92 Å². The first-order chi connectivity index (χ1) is 14.2. The van der Waals surface area contributed by atoms with E-state index in [1.807, 2.05) is 35.2 Å². The second-order valence-electron chi connectivity index (χ2n) is 8.00. The maximum atomic E-state index is 12.8. The Morgan fingerprint density at radius 1 is 1.14 bits per heavy atom. The van der Waals surface area contributed by atoms with Crippen LogP contribution in [-0.2, 0) is 16.0 Å². The minimum atomic E-state index is -0.269. The first-order valence-corrected chi connectivity index (χ1v) is 10.6. The number of amides is 2. The van der Waals surface area contributed by atoms with Gasteiger partial charge in [-0.25, -0.2) is 0 Å². The fourth-order valence-electron chi connectivity index (χ4n) is 4.36. The summed E-state index contributed by atoms with van der Waals surface area (Å²) in [6, 6.07) is 14.1. The lowest BCUT2D eigenvalue weighted by Crippen LogP contribution is -2.40. The Morgan fingerprint density at radius 3 is 2.66 bits per heavy atom. The van der Waals surface area contributed by atoms with E-state index in [9.17, 15) is 9.59 Å². The van der Waals surface area contributed by atoms with E-state index in [2.05, 4.69) is 22.3 Å². The highest BCUT2D eigenvalue weighted by molar-refractivity contribution is 5.89. The molecule has 2 aromatic rings. The third-order valence-corrected chi connectivity index (χ3v) is 6.02. The zero-order chi connectivity index (χ0) is 20.1. The molecule has 3 heterocycles. The van der Waals surface area contributed by atoms with Crippen molar-refractivity contribution in [1.82, 2.24) is 15.1 Å². The number of rotatable bonds is 8. The van der Waals surface area contributed by atoms with Gasteiger partial charge in [-0.15, -0.1) is 0 Å². The number of nitrogens with one attached hydrogen (secondary N) is 1. The summed E-state index contributed by atoms with van der Waals surface area (Å²) in [5, 5.41) is 3.09. The minimum Gasteiger partial charge on any atom is -0.468 e. The van der Waals surface area contributed by atoms with Gasteiger partial charge in [0.15, 0.2) is 0 Å². The normalized spacial score (nSPS) is 20.9. The lowest BCUT2D eigenvalue weighted by Gasteiger charge is -2.26. The predicted molar refractivity (Wildman–Crippen MR) is 110 cm³/mol. The first kappa shape index (κ1) is 19.7. The summed E-state index contributed by atoms with van der Waals surface area (Å²) in [5.74, 6) is 0.660. The Kier molecular flexibility index (Phi) is 6.30. The number of furan rings is 1. The fraction of sp³-hybridized carbons (Fsp3) is 0.478. The van der Waals surface area contributed by atoms with Crippen LogP contribution in [0.3, 0.4) is 0 Å². The lowest BCUT2D eigenvalue weighted by atomic mass is 10.1. The Labute approximate surface area is 171 Å². The Bertz CT molecular complexity index is 800. The maximum absolute atomic E-state index is 12.8. The van der Waals surface area contributed by atoms with E-state index in [0.717, 1.165) is 25.3 Å². The molecule has 2 unspecified atom stereocenters. The Morgan fingerprint density at radius 2 is 1.93 bits per heavy atom. The van der Waals surface area contributed by atoms with Gasteiger partial charge in [-0.1, -0.05) is 30.3 Å². The molecule has 2 amide bonds. The zero-order valence-electron chi connectivity index (χ0n) is 16.8. The largest absolute Gasteiger partial charge is 0.468 e. The van der Waals surface area contributed by atoms with Crippen LogP contribution in [0.1, 0.15) is 36.6 Å². The van der Waals surface area contributed by atoms with Crippen LogP contribution in [0.5, 0.6) is 0 Å². The van der Waals surface area contributed by atoms with Gasteiger partial charge in [0.05, 0.1) is 18.2 Å². The molecular formula is C23H29N3O3. The van der Waals surface area contributed by atoms with Crippen molar-refractivity contribution in [2.75, 3.05) is 32.7 Å². The van der Waals surface area contributed by atoms with Crippen molar-refractivity contribution < 1.29 is 14.0 Å². The average molecular weight is 396 g/mol. The molecule has 0 bridgehead atoms. The molecule has 4 rings (SSSR count). The number of hydrogen-bond acceptors (Lipinski definition) is 4. The Balaban J connectivity index is 1.29. The number of hydrogen-bond donors (Lipinski definition) is 1. The summed E-state index contributed by atoms with van der Waals surface area (Å²) in [6.07, 6.45) is 5.16. The van der Waals surface area contributed by atoms with Gasteiger partial charge in [0.2, 0.25) is 11.8 Å². The van der Waals surface area contributed by atoms with E-state index in [1.165, 1.54) is 18.4 Å². The topological polar surface area (TPSA) is 65.8 Å². The summed E-state index contributed by atoms with van der Waals surface area (Å²) < 4.78 is 5.62. The van der Waals surface area contributed by atoms with Crippen molar-refractivity contribution in [2.24, 2.45) is 5.92 Å². The third-order valence-electron chi connectivity index (χ3n) is 6.02. The molecule has 1 aromatic heterocycles. The molecule has 0 saturated carbocycles. The van der Waals surface area contributed by atoms with Crippen molar-refractivity contribution in [3.05, 3.63) is 60.1 Å². The van der Waals surface area contributed by atoms with Crippen LogP contribution in [-0.4, -0.2) is 54.3 Å². The quantitative estimate of drug-likeness (QED) is 0.746. The highest BCUT2D eigenvalue weighted by Gasteiger charge is 2.35. The molecule has 2 saturated heterocycles. The molecule has 1 aromatic carbocycles. The number of carbonyl (C=O) groups excluding carboxylic acids is 2. The molecule has 6 heteroatoms. The van der Waals surface area contributed by atoms with Crippen molar-refractivity contribution in [2.45, 2.75) is 31.7 Å². The van der Waals surface area contributed by atoms with Gasteiger partial charge < -0.3 is 14.6 Å². The van der Waals surface area contributed by atoms with Crippen molar-refractivity contribution in [1.29, 1.82) is 0 Å². The predicted octanol–water partition coefficient (Wildman–Crippen LogP) is 2.62. The summed E-state index contributed by atoms with van der Waals surface area (Å²) in [7, 11) is 0. The first-order valence-electron chi connectivity index (χ1n) is 10.6. The van der Waals surface area contributed by atoms with Crippen molar-refractivity contribution >= 4 is 11.8 Å². The van der Waals surface area contributed by atoms with Crippen LogP contribution in [0.25, 0.3) is 0 Å². The SMILES string of the molecule is O=C(NCC(c1ccco1)N1CCCC1)C1CC(=O)N(CCc2ccccc2)C1. The van der Waals surface area contributed by atoms with Gasteiger partial charge in [0.1, 0.15) is 5.76 Å². The molecule has 1 N–H and O–H groups in total. The van der Waals surface area contributed by atoms with E-state index in [0.29, 0.717) is 26.1 Å². The second-order valence-corrected chi connectivity index (χ2v) is 8.00. The molecule has 6 nitrogen and oxygen atoms in total. The molecule has 2 aliphatic rings. The van der Waals surface area contributed by atoms with Crippen LogP contribution in [0.4, 0.5) is 0 Å². The fourth-order valence-corrected chi connectivity index (χ4v) is 4.36. The number of nitrogens with zero attached hydrogens (tertiary/aromatic N) is 2. The standard InChI is InChI=1S/C23H29N3O3/c27-22-15-19(17-26(22)13-10-18-7-2-1-3-8-18)23(28)24-16-20(21-9-6-14-29-21)25-11-4-5-12-25/h1-3,6-9,14,19-20H,4-5,10-13,15-17H2,(H,24,28). The number of likely N-dealkylation sites (tertiary alicyclic amines) is 2. The van der Waals surface area contributed by atoms with Gasteiger partial charge in [-0.05, 0) is 50.0 Å². The van der Waals surface area contributed by atoms with E-state index in [4.69, 9.17) is 4.42 Å².